The van der Waals surface area contributed by atoms with Crippen LogP contribution in [0.5, 0.6) is 0 Å². The van der Waals surface area contributed by atoms with Gasteiger partial charge in [0.15, 0.2) is 0 Å². The third-order valence-corrected chi connectivity index (χ3v) is 10.4. The highest BCUT2D eigenvalue weighted by Crippen LogP contribution is 2.55. The van der Waals surface area contributed by atoms with Crippen LogP contribution < -0.4 is 4.90 Å². The highest BCUT2D eigenvalue weighted by molar-refractivity contribution is 6.06. The maximum atomic E-state index is 6.48. The maximum Gasteiger partial charge on any atom is 0.139 e. The van der Waals surface area contributed by atoms with E-state index >= 15 is 0 Å². The molecule has 1 aliphatic rings. The minimum atomic E-state index is -0.207. The average Bonchev–Trinajstić information content (AvgIpc) is 3.81. The fourth-order valence-electron chi connectivity index (χ4n) is 8.16. The first kappa shape index (κ1) is 28.7. The van der Waals surface area contributed by atoms with Gasteiger partial charge >= 0.3 is 0 Å². The molecule has 10 rings (SSSR count). The van der Waals surface area contributed by atoms with Gasteiger partial charge in [0.25, 0.3) is 0 Å². The number of nitrogens with zero attached hydrogens (tertiary/aromatic N) is 1. The monoisotopic (exact) mass is 643 g/mol. The molecule has 7 aromatic carbocycles. The van der Waals surface area contributed by atoms with Gasteiger partial charge in [-0.1, -0.05) is 123 Å². The lowest BCUT2D eigenvalue weighted by molar-refractivity contribution is 0.619. The maximum absolute atomic E-state index is 6.48. The third-order valence-electron chi connectivity index (χ3n) is 10.4. The molecule has 0 fully saturated rings. The molecule has 0 radical (unpaired) electrons. The summed E-state index contributed by atoms with van der Waals surface area (Å²) in [5.41, 5.74) is 14.3. The normalized spacial score (nSPS) is 13.2. The van der Waals surface area contributed by atoms with Crippen molar-refractivity contribution in [2.75, 3.05) is 4.90 Å². The van der Waals surface area contributed by atoms with Crippen LogP contribution in [0.15, 0.2) is 173 Å². The van der Waals surface area contributed by atoms with Gasteiger partial charge in [0, 0.05) is 55.8 Å². The zero-order valence-electron chi connectivity index (χ0n) is 27.9. The number of anilines is 3. The Morgan fingerprint density at radius 2 is 0.960 bits per heavy atom. The second-order valence-electron chi connectivity index (χ2n) is 13.7. The number of para-hydroxylation sites is 2. The van der Waals surface area contributed by atoms with Crippen LogP contribution in [0.3, 0.4) is 0 Å². The van der Waals surface area contributed by atoms with Crippen LogP contribution in [0.4, 0.5) is 17.1 Å². The van der Waals surface area contributed by atoms with Gasteiger partial charge in [-0.3, -0.25) is 0 Å². The molecule has 0 atom stereocenters. The standard InChI is InChI=1S/C47H33NO2/c1-47(2)44-36(15-10-16-40(44)46-45(47)39-14-7-9-18-42(39)50-46)32-21-25-34(26-22-32)48(33-23-19-31(20-24-33)30-11-4-3-5-12-30)35-27-28-38-37-13-6-8-17-41(37)49-43(38)29-35/h3-29H,1-2H3. The number of rotatable bonds is 5. The van der Waals surface area contributed by atoms with E-state index in [2.05, 4.69) is 164 Å². The van der Waals surface area contributed by atoms with Gasteiger partial charge in [-0.15, -0.1) is 0 Å². The van der Waals surface area contributed by atoms with E-state index in [4.69, 9.17) is 8.83 Å². The Morgan fingerprint density at radius 1 is 0.400 bits per heavy atom. The number of fused-ring (bicyclic) bond motifs is 8. The van der Waals surface area contributed by atoms with Crippen molar-refractivity contribution in [3.05, 3.63) is 175 Å². The molecule has 3 heteroatoms. The zero-order chi connectivity index (χ0) is 33.4. The summed E-state index contributed by atoms with van der Waals surface area (Å²) in [6, 6.07) is 58.1. The van der Waals surface area contributed by atoms with Gasteiger partial charge < -0.3 is 13.7 Å². The van der Waals surface area contributed by atoms with Crippen molar-refractivity contribution in [2.45, 2.75) is 19.3 Å². The van der Waals surface area contributed by atoms with Gasteiger partial charge in [-0.2, -0.15) is 0 Å². The summed E-state index contributed by atoms with van der Waals surface area (Å²) < 4.78 is 12.8. The molecule has 2 heterocycles. The van der Waals surface area contributed by atoms with Crippen LogP contribution in [0, 0.1) is 0 Å². The number of hydrogen-bond acceptors (Lipinski definition) is 3. The molecule has 1 aliphatic carbocycles. The Morgan fingerprint density at radius 3 is 1.70 bits per heavy atom. The lowest BCUT2D eigenvalue weighted by Gasteiger charge is -2.27. The predicted molar refractivity (Wildman–Crippen MR) is 207 cm³/mol. The highest BCUT2D eigenvalue weighted by atomic mass is 16.3. The first-order valence-corrected chi connectivity index (χ1v) is 17.2. The van der Waals surface area contributed by atoms with Crippen LogP contribution in [0.2, 0.25) is 0 Å². The fourth-order valence-corrected chi connectivity index (χ4v) is 8.16. The lowest BCUT2D eigenvalue weighted by atomic mass is 9.78. The molecule has 3 nitrogen and oxygen atoms in total. The number of furan rings is 2. The molecule has 0 saturated carbocycles. The zero-order valence-corrected chi connectivity index (χ0v) is 27.9. The van der Waals surface area contributed by atoms with E-state index in [1.54, 1.807) is 0 Å². The molecule has 0 amide bonds. The summed E-state index contributed by atoms with van der Waals surface area (Å²) in [7, 11) is 0. The Balaban J connectivity index is 1.08. The summed E-state index contributed by atoms with van der Waals surface area (Å²) in [6.45, 7) is 4.65. The summed E-state index contributed by atoms with van der Waals surface area (Å²) >= 11 is 0. The van der Waals surface area contributed by atoms with Gasteiger partial charge in [-0.05, 0) is 76.3 Å². The van der Waals surface area contributed by atoms with Gasteiger partial charge in [0.05, 0.1) is 0 Å². The number of benzene rings is 7. The van der Waals surface area contributed by atoms with Crippen molar-refractivity contribution >= 4 is 50.0 Å². The van der Waals surface area contributed by atoms with Gasteiger partial charge in [0.2, 0.25) is 0 Å². The Bertz CT molecular complexity index is 2710. The summed E-state index contributed by atoms with van der Waals surface area (Å²) in [5, 5.41) is 3.44. The molecule has 9 aromatic rings. The first-order valence-electron chi connectivity index (χ1n) is 17.2. The summed E-state index contributed by atoms with van der Waals surface area (Å²) in [5.74, 6) is 0.996. The minimum absolute atomic E-state index is 0.207. The van der Waals surface area contributed by atoms with Crippen LogP contribution in [-0.4, -0.2) is 0 Å². The SMILES string of the molecule is CC1(C)c2c(-c3ccc(N(c4ccc(-c5ccccc5)cc4)c4ccc5c(c4)oc4ccccc45)cc3)cccc2-c2oc3ccccc3c21. The van der Waals surface area contributed by atoms with Crippen molar-refractivity contribution in [3.8, 4) is 33.6 Å². The first-order chi connectivity index (χ1) is 24.5. The van der Waals surface area contributed by atoms with Crippen molar-refractivity contribution in [1.82, 2.24) is 0 Å². The van der Waals surface area contributed by atoms with Gasteiger partial charge in [-0.25, -0.2) is 0 Å². The van der Waals surface area contributed by atoms with Crippen molar-refractivity contribution in [3.63, 3.8) is 0 Å². The molecule has 2 aromatic heterocycles. The second-order valence-corrected chi connectivity index (χ2v) is 13.7. The van der Waals surface area contributed by atoms with Crippen molar-refractivity contribution < 1.29 is 8.83 Å². The second kappa shape index (κ2) is 10.8. The predicted octanol–water partition coefficient (Wildman–Crippen LogP) is 13.4. The molecule has 0 unspecified atom stereocenters. The lowest BCUT2D eigenvalue weighted by Crippen LogP contribution is -2.16. The fraction of sp³-hybridized carbons (Fsp3) is 0.0638. The minimum Gasteiger partial charge on any atom is -0.456 e. The van der Waals surface area contributed by atoms with E-state index in [1.165, 1.54) is 44.3 Å². The quantitative estimate of drug-likeness (QED) is 0.187. The molecule has 0 bridgehead atoms. The van der Waals surface area contributed by atoms with E-state index in [1.807, 2.05) is 18.2 Å². The van der Waals surface area contributed by atoms with Crippen molar-refractivity contribution in [1.29, 1.82) is 0 Å². The summed E-state index contributed by atoms with van der Waals surface area (Å²) in [6.07, 6.45) is 0. The van der Waals surface area contributed by atoms with Crippen LogP contribution in [0.25, 0.3) is 66.5 Å². The van der Waals surface area contributed by atoms with E-state index in [0.717, 1.165) is 50.3 Å². The molecule has 50 heavy (non-hydrogen) atoms. The Labute approximate surface area is 290 Å². The molecular weight excluding hydrogens is 611 g/mol. The average molecular weight is 644 g/mol. The largest absolute Gasteiger partial charge is 0.456 e. The molecule has 0 spiro atoms. The molecule has 0 N–H and O–H groups in total. The van der Waals surface area contributed by atoms with Crippen LogP contribution in [-0.2, 0) is 5.41 Å². The number of hydrogen-bond donors (Lipinski definition) is 0. The van der Waals surface area contributed by atoms with Gasteiger partial charge in [0.1, 0.15) is 22.5 Å². The van der Waals surface area contributed by atoms with E-state index < -0.39 is 0 Å². The third kappa shape index (κ3) is 4.30. The van der Waals surface area contributed by atoms with E-state index in [-0.39, 0.29) is 5.41 Å². The molecule has 238 valence electrons. The van der Waals surface area contributed by atoms with Crippen LogP contribution in [0.1, 0.15) is 25.0 Å². The Hall–Kier alpha value is -6.32. The highest BCUT2D eigenvalue weighted by Gasteiger charge is 2.41. The smallest absolute Gasteiger partial charge is 0.139 e. The molecule has 0 aliphatic heterocycles. The van der Waals surface area contributed by atoms with E-state index in [9.17, 15) is 0 Å². The van der Waals surface area contributed by atoms with E-state index in [0.29, 0.717) is 0 Å². The molecular formula is C47H33NO2. The molecule has 0 saturated heterocycles. The van der Waals surface area contributed by atoms with Crippen LogP contribution >= 0.6 is 0 Å². The van der Waals surface area contributed by atoms with Crippen molar-refractivity contribution in [2.24, 2.45) is 0 Å². The Kier molecular flexibility index (Phi) is 6.22. The summed E-state index contributed by atoms with van der Waals surface area (Å²) in [4.78, 5) is 2.31. The topological polar surface area (TPSA) is 29.5 Å².